The van der Waals surface area contributed by atoms with E-state index in [1.807, 2.05) is 31.4 Å². The van der Waals surface area contributed by atoms with Gasteiger partial charge in [-0.2, -0.15) is 0 Å². The Bertz CT molecular complexity index is 794. The van der Waals surface area contributed by atoms with Crippen LogP contribution in [0.1, 0.15) is 11.1 Å². The number of anilines is 1. The fraction of sp³-hybridized carbons (Fsp3) is 0.133. The van der Waals surface area contributed by atoms with E-state index >= 15 is 0 Å². The minimum absolute atomic E-state index is 0.637. The molecule has 3 aromatic rings. The summed E-state index contributed by atoms with van der Waals surface area (Å²) >= 11 is 2.87. The number of fused-ring (bicyclic) bond motifs is 1. The monoisotopic (exact) mass is 345 g/mol. The Balaban J connectivity index is 2.18. The van der Waals surface area contributed by atoms with Crippen LogP contribution in [0.2, 0.25) is 0 Å². The number of hydrogen-bond acceptors (Lipinski definition) is 4. The first-order chi connectivity index (χ1) is 10.2. The standard InChI is InChI=1S/C15H15N5Se/c1-17-14-12-11(13(16)21)8-20(15(12)19-9-18-14)7-10-5-3-2-4-6-10/h2-6,8-9H,7H2,1H3,(H2,16,21)(H,17,18,19). The summed E-state index contributed by atoms with van der Waals surface area (Å²) in [5.74, 6) is 0.778. The van der Waals surface area contributed by atoms with Crippen LogP contribution >= 0.6 is 0 Å². The molecule has 2 aromatic heterocycles. The van der Waals surface area contributed by atoms with E-state index in [1.165, 1.54) is 5.56 Å². The molecule has 0 aliphatic heterocycles. The van der Waals surface area contributed by atoms with Crippen molar-refractivity contribution in [1.82, 2.24) is 14.5 Å². The number of benzene rings is 1. The fourth-order valence-corrected chi connectivity index (χ4v) is 2.73. The second-order valence-electron chi connectivity index (χ2n) is 4.69. The van der Waals surface area contributed by atoms with Crippen LogP contribution < -0.4 is 11.1 Å². The van der Waals surface area contributed by atoms with E-state index in [2.05, 4.69) is 47.6 Å². The molecule has 0 aliphatic carbocycles. The molecular formula is C15H15N5Se. The number of nitrogens with two attached hydrogens (primary N) is 1. The Hall–Kier alpha value is -2.17. The van der Waals surface area contributed by atoms with Gasteiger partial charge < -0.3 is 0 Å². The second-order valence-corrected chi connectivity index (χ2v) is 5.61. The zero-order chi connectivity index (χ0) is 14.8. The summed E-state index contributed by atoms with van der Waals surface area (Å²) in [6.45, 7) is 0.741. The maximum atomic E-state index is 5.97. The molecule has 0 fully saturated rings. The molecule has 0 aliphatic rings. The number of nitrogens with one attached hydrogen (secondary N) is 1. The molecule has 0 unspecified atom stereocenters. The van der Waals surface area contributed by atoms with Crippen molar-refractivity contribution in [1.29, 1.82) is 0 Å². The molecule has 5 nitrogen and oxygen atoms in total. The van der Waals surface area contributed by atoms with Gasteiger partial charge in [-0.3, -0.25) is 0 Å². The summed E-state index contributed by atoms with van der Waals surface area (Å²) < 4.78 is 2.73. The van der Waals surface area contributed by atoms with Crippen molar-refractivity contribution < 1.29 is 0 Å². The SMILES string of the molecule is CNc1ncnc2c1c(C(N)=[Se])cn2Cc1ccccc1. The summed E-state index contributed by atoms with van der Waals surface area (Å²) in [5, 5.41) is 4.03. The summed E-state index contributed by atoms with van der Waals surface area (Å²) in [6.07, 6.45) is 3.58. The number of rotatable bonds is 4. The van der Waals surface area contributed by atoms with Gasteiger partial charge in [0.05, 0.1) is 0 Å². The third kappa shape index (κ3) is 2.55. The first-order valence-electron chi connectivity index (χ1n) is 6.56. The van der Waals surface area contributed by atoms with Crippen molar-refractivity contribution >= 4 is 37.0 Å². The Kier molecular flexibility index (Phi) is 3.73. The van der Waals surface area contributed by atoms with Crippen LogP contribution in [0.5, 0.6) is 0 Å². The van der Waals surface area contributed by atoms with E-state index in [9.17, 15) is 0 Å². The van der Waals surface area contributed by atoms with E-state index in [0.29, 0.717) is 4.54 Å². The van der Waals surface area contributed by atoms with Gasteiger partial charge in [-0.1, -0.05) is 0 Å². The Morgan fingerprint density at radius 2 is 2.05 bits per heavy atom. The molecule has 0 bridgehead atoms. The van der Waals surface area contributed by atoms with Gasteiger partial charge in [-0.25, -0.2) is 0 Å². The van der Waals surface area contributed by atoms with Crippen LogP contribution in [0, 0.1) is 0 Å². The molecule has 0 amide bonds. The third-order valence-corrected chi connectivity index (χ3v) is 3.81. The van der Waals surface area contributed by atoms with Gasteiger partial charge in [-0.15, -0.1) is 0 Å². The number of aromatic nitrogens is 3. The van der Waals surface area contributed by atoms with Gasteiger partial charge in [0.15, 0.2) is 0 Å². The van der Waals surface area contributed by atoms with Crippen LogP contribution in [0.15, 0.2) is 42.9 Å². The van der Waals surface area contributed by atoms with E-state index in [0.717, 1.165) is 29.0 Å². The quantitative estimate of drug-likeness (QED) is 0.696. The van der Waals surface area contributed by atoms with E-state index in [4.69, 9.17) is 5.73 Å². The van der Waals surface area contributed by atoms with Crippen LogP contribution in [-0.4, -0.2) is 41.7 Å². The molecule has 0 saturated heterocycles. The molecule has 21 heavy (non-hydrogen) atoms. The van der Waals surface area contributed by atoms with Gasteiger partial charge >= 0.3 is 130 Å². The number of nitrogens with zero attached hydrogens (tertiary/aromatic N) is 3. The molecule has 3 N–H and O–H groups in total. The third-order valence-electron chi connectivity index (χ3n) is 3.35. The summed E-state index contributed by atoms with van der Waals surface area (Å²) in [7, 11) is 1.84. The topological polar surface area (TPSA) is 68.8 Å². The van der Waals surface area contributed by atoms with Crippen LogP contribution in [0.3, 0.4) is 0 Å². The first kappa shape index (κ1) is 13.8. The summed E-state index contributed by atoms with van der Waals surface area (Å²) in [5.41, 5.74) is 8.98. The molecule has 2 heterocycles. The molecule has 3 rings (SSSR count). The zero-order valence-electron chi connectivity index (χ0n) is 11.6. The van der Waals surface area contributed by atoms with Gasteiger partial charge in [0, 0.05) is 0 Å². The molecule has 0 saturated carbocycles. The van der Waals surface area contributed by atoms with Gasteiger partial charge in [0.25, 0.3) is 0 Å². The van der Waals surface area contributed by atoms with Crippen molar-refractivity contribution in [3.63, 3.8) is 0 Å². The van der Waals surface area contributed by atoms with Crippen LogP contribution in [0.25, 0.3) is 11.0 Å². The van der Waals surface area contributed by atoms with Crippen molar-refractivity contribution in [2.24, 2.45) is 5.73 Å². The summed E-state index contributed by atoms with van der Waals surface area (Å²) in [6, 6.07) is 10.3. The minimum atomic E-state index is 0.637. The van der Waals surface area contributed by atoms with E-state index in [1.54, 1.807) is 6.33 Å². The average molecular weight is 344 g/mol. The molecule has 1 aromatic carbocycles. The van der Waals surface area contributed by atoms with E-state index < -0.39 is 0 Å². The predicted molar refractivity (Wildman–Crippen MR) is 86.7 cm³/mol. The van der Waals surface area contributed by atoms with Crippen molar-refractivity contribution in [2.75, 3.05) is 12.4 Å². The maximum absolute atomic E-state index is 5.97. The summed E-state index contributed by atoms with van der Waals surface area (Å²) in [4.78, 5) is 8.69. The van der Waals surface area contributed by atoms with Crippen molar-refractivity contribution in [2.45, 2.75) is 6.54 Å². The van der Waals surface area contributed by atoms with Crippen molar-refractivity contribution in [3.05, 3.63) is 54.0 Å². The Labute approximate surface area is 130 Å². The van der Waals surface area contributed by atoms with Crippen LogP contribution in [0.4, 0.5) is 5.82 Å². The molecule has 0 spiro atoms. The predicted octanol–water partition coefficient (Wildman–Crippen LogP) is 1.13. The van der Waals surface area contributed by atoms with Crippen LogP contribution in [-0.2, 0) is 6.54 Å². The second kappa shape index (κ2) is 5.68. The molecule has 6 heteroatoms. The first-order valence-corrected chi connectivity index (χ1v) is 7.41. The Morgan fingerprint density at radius 1 is 1.29 bits per heavy atom. The van der Waals surface area contributed by atoms with E-state index in [-0.39, 0.29) is 0 Å². The normalized spacial score (nSPS) is 10.7. The van der Waals surface area contributed by atoms with Crippen molar-refractivity contribution in [3.8, 4) is 0 Å². The average Bonchev–Trinajstić information content (AvgIpc) is 2.87. The fourth-order valence-electron chi connectivity index (χ4n) is 2.40. The molecule has 0 atom stereocenters. The van der Waals surface area contributed by atoms with Gasteiger partial charge in [0.2, 0.25) is 0 Å². The molecule has 0 radical (unpaired) electrons. The number of hydrogen-bond donors (Lipinski definition) is 2. The van der Waals surface area contributed by atoms with Gasteiger partial charge in [-0.05, 0) is 0 Å². The van der Waals surface area contributed by atoms with Gasteiger partial charge in [0.1, 0.15) is 0 Å². The molecule has 106 valence electrons. The molecular weight excluding hydrogens is 329 g/mol. The zero-order valence-corrected chi connectivity index (χ0v) is 13.3. The Morgan fingerprint density at radius 3 is 2.71 bits per heavy atom.